The molecule has 0 aromatic heterocycles. The monoisotopic (exact) mass is 418 g/mol. The van der Waals surface area contributed by atoms with Crippen LogP contribution in [0.5, 0.6) is 5.75 Å². The normalized spacial score (nSPS) is 15.4. The number of benzene rings is 1. The molecule has 1 saturated heterocycles. The van der Waals surface area contributed by atoms with Crippen molar-refractivity contribution in [2.24, 2.45) is 10.7 Å². The summed E-state index contributed by atoms with van der Waals surface area (Å²) in [6, 6.07) is 7.64. The van der Waals surface area contributed by atoms with Crippen molar-refractivity contribution in [3.8, 4) is 5.75 Å². The predicted molar refractivity (Wildman–Crippen MR) is 103 cm³/mol. The molecule has 124 valence electrons. The summed E-state index contributed by atoms with van der Waals surface area (Å²) in [4.78, 5) is 6.89. The van der Waals surface area contributed by atoms with E-state index in [4.69, 9.17) is 10.5 Å². The van der Waals surface area contributed by atoms with Gasteiger partial charge in [0.15, 0.2) is 5.96 Å². The largest absolute Gasteiger partial charge is 0.497 e. The second-order valence-corrected chi connectivity index (χ2v) is 5.38. The first-order chi connectivity index (χ1) is 10.3. The van der Waals surface area contributed by atoms with Gasteiger partial charge >= 0.3 is 0 Å². The van der Waals surface area contributed by atoms with Crippen molar-refractivity contribution in [3.05, 3.63) is 24.3 Å². The number of hydrogen-bond donors (Lipinski definition) is 2. The molecule has 1 aromatic rings. The number of unbranched alkanes of at least 4 members (excludes halogenated alkanes) is 1. The molecule has 1 aliphatic heterocycles. The van der Waals surface area contributed by atoms with Gasteiger partial charge in [-0.05, 0) is 69.6 Å². The zero-order chi connectivity index (χ0) is 14.9. The lowest BCUT2D eigenvalue weighted by Crippen LogP contribution is -2.23. The molecular formula is C16H27IN4O. The van der Waals surface area contributed by atoms with Crippen LogP contribution in [0.2, 0.25) is 0 Å². The lowest BCUT2D eigenvalue weighted by Gasteiger charge is -2.13. The summed E-state index contributed by atoms with van der Waals surface area (Å²) in [6.07, 6.45) is 4.99. The number of hydrogen-bond acceptors (Lipinski definition) is 3. The molecule has 0 saturated carbocycles. The number of methoxy groups -OCH3 is 1. The van der Waals surface area contributed by atoms with Crippen molar-refractivity contribution in [2.75, 3.05) is 38.6 Å². The van der Waals surface area contributed by atoms with E-state index in [9.17, 15) is 0 Å². The molecule has 1 heterocycles. The van der Waals surface area contributed by atoms with Gasteiger partial charge in [-0.3, -0.25) is 4.99 Å². The predicted octanol–water partition coefficient (Wildman–Crippen LogP) is 2.92. The number of rotatable bonds is 7. The summed E-state index contributed by atoms with van der Waals surface area (Å²) in [6.45, 7) is 4.51. The van der Waals surface area contributed by atoms with Gasteiger partial charge < -0.3 is 20.7 Å². The van der Waals surface area contributed by atoms with Crippen molar-refractivity contribution in [1.29, 1.82) is 0 Å². The summed E-state index contributed by atoms with van der Waals surface area (Å²) < 4.78 is 5.11. The lowest BCUT2D eigenvalue weighted by molar-refractivity contribution is 0.331. The van der Waals surface area contributed by atoms with Crippen LogP contribution in [-0.4, -0.2) is 44.1 Å². The van der Waals surface area contributed by atoms with Gasteiger partial charge in [-0.2, -0.15) is 0 Å². The van der Waals surface area contributed by atoms with E-state index in [2.05, 4.69) is 15.2 Å². The molecule has 0 unspecified atom stereocenters. The van der Waals surface area contributed by atoms with E-state index in [0.717, 1.165) is 24.4 Å². The lowest BCUT2D eigenvalue weighted by atomic mass is 10.3. The Morgan fingerprint density at radius 3 is 2.55 bits per heavy atom. The van der Waals surface area contributed by atoms with Crippen LogP contribution in [0.4, 0.5) is 5.69 Å². The number of aliphatic imine (C=N–C) groups is 1. The molecular weight excluding hydrogens is 391 g/mol. The topological polar surface area (TPSA) is 62.9 Å². The van der Waals surface area contributed by atoms with Crippen LogP contribution in [0.3, 0.4) is 0 Å². The molecule has 2 rings (SSSR count). The Morgan fingerprint density at radius 2 is 1.91 bits per heavy atom. The second kappa shape index (κ2) is 10.7. The minimum atomic E-state index is 0. The van der Waals surface area contributed by atoms with E-state index >= 15 is 0 Å². The van der Waals surface area contributed by atoms with Crippen molar-refractivity contribution in [3.63, 3.8) is 0 Å². The number of ether oxygens (including phenoxy) is 1. The highest BCUT2D eigenvalue weighted by molar-refractivity contribution is 14.0. The van der Waals surface area contributed by atoms with Gasteiger partial charge in [0, 0.05) is 12.2 Å². The van der Waals surface area contributed by atoms with Gasteiger partial charge in [-0.15, -0.1) is 24.0 Å². The maximum atomic E-state index is 5.88. The highest BCUT2D eigenvalue weighted by Gasteiger charge is 2.09. The molecule has 0 atom stereocenters. The number of nitrogens with two attached hydrogens (primary N) is 1. The summed E-state index contributed by atoms with van der Waals surface area (Å²) >= 11 is 0. The quantitative estimate of drug-likeness (QED) is 0.310. The van der Waals surface area contributed by atoms with Gasteiger partial charge in [-0.25, -0.2) is 0 Å². The third kappa shape index (κ3) is 6.83. The number of halogens is 1. The molecule has 22 heavy (non-hydrogen) atoms. The molecule has 0 amide bonds. The van der Waals surface area contributed by atoms with Crippen LogP contribution in [-0.2, 0) is 0 Å². The molecule has 1 aromatic carbocycles. The third-order valence-corrected chi connectivity index (χ3v) is 3.73. The van der Waals surface area contributed by atoms with Crippen molar-refractivity contribution < 1.29 is 4.74 Å². The molecule has 0 spiro atoms. The van der Waals surface area contributed by atoms with E-state index in [0.29, 0.717) is 5.96 Å². The molecule has 6 heteroatoms. The van der Waals surface area contributed by atoms with Gasteiger partial charge in [0.2, 0.25) is 0 Å². The van der Waals surface area contributed by atoms with E-state index in [1.165, 1.54) is 38.9 Å². The molecule has 1 fully saturated rings. The molecule has 1 aliphatic rings. The summed E-state index contributed by atoms with van der Waals surface area (Å²) in [7, 11) is 1.65. The van der Waals surface area contributed by atoms with Crippen LogP contribution >= 0.6 is 24.0 Å². The first-order valence-corrected chi connectivity index (χ1v) is 7.71. The average molecular weight is 418 g/mol. The number of likely N-dealkylation sites (tertiary alicyclic amines) is 1. The average Bonchev–Trinajstić information content (AvgIpc) is 3.01. The van der Waals surface area contributed by atoms with Gasteiger partial charge in [0.1, 0.15) is 5.75 Å². The Morgan fingerprint density at radius 1 is 1.23 bits per heavy atom. The van der Waals surface area contributed by atoms with Crippen molar-refractivity contribution in [2.45, 2.75) is 25.7 Å². The minimum absolute atomic E-state index is 0. The second-order valence-electron chi connectivity index (χ2n) is 5.38. The third-order valence-electron chi connectivity index (χ3n) is 3.73. The Labute approximate surface area is 150 Å². The molecule has 0 radical (unpaired) electrons. The van der Waals surface area contributed by atoms with E-state index in [-0.39, 0.29) is 24.0 Å². The zero-order valence-electron chi connectivity index (χ0n) is 13.3. The van der Waals surface area contributed by atoms with Crippen LogP contribution < -0.4 is 15.8 Å². The Bertz CT molecular complexity index is 444. The first kappa shape index (κ1) is 19.0. The van der Waals surface area contributed by atoms with Crippen molar-refractivity contribution in [1.82, 2.24) is 4.90 Å². The smallest absolute Gasteiger partial charge is 0.193 e. The van der Waals surface area contributed by atoms with Gasteiger partial charge in [0.25, 0.3) is 0 Å². The number of guanidine groups is 1. The standard InChI is InChI=1S/C16H26N4O.HI/c1-21-15-8-6-14(7-9-15)19-16(17)18-10-2-3-11-20-12-4-5-13-20;/h6-9H,2-5,10-13H2,1H3,(H3,17,18,19);1H. The number of anilines is 1. The fourth-order valence-corrected chi connectivity index (χ4v) is 2.51. The minimum Gasteiger partial charge on any atom is -0.497 e. The van der Waals surface area contributed by atoms with E-state index in [1.807, 2.05) is 24.3 Å². The first-order valence-electron chi connectivity index (χ1n) is 7.71. The van der Waals surface area contributed by atoms with Crippen molar-refractivity contribution >= 4 is 35.6 Å². The van der Waals surface area contributed by atoms with Crippen LogP contribution in [0.15, 0.2) is 29.3 Å². The highest BCUT2D eigenvalue weighted by atomic mass is 127. The maximum absolute atomic E-state index is 5.88. The molecule has 3 N–H and O–H groups in total. The maximum Gasteiger partial charge on any atom is 0.193 e. The van der Waals surface area contributed by atoms with E-state index in [1.54, 1.807) is 7.11 Å². The fourth-order valence-electron chi connectivity index (χ4n) is 2.51. The van der Waals surface area contributed by atoms with Gasteiger partial charge in [0.05, 0.1) is 7.11 Å². The SMILES string of the molecule is COc1ccc(NC(N)=NCCCCN2CCCC2)cc1.I. The van der Waals surface area contributed by atoms with Crippen LogP contribution in [0.1, 0.15) is 25.7 Å². The fraction of sp³-hybridized carbons (Fsp3) is 0.562. The summed E-state index contributed by atoms with van der Waals surface area (Å²) in [5.74, 6) is 1.30. The Kier molecular flexibility index (Phi) is 9.22. The molecule has 0 bridgehead atoms. The van der Waals surface area contributed by atoms with Crippen LogP contribution in [0.25, 0.3) is 0 Å². The number of nitrogens with zero attached hydrogens (tertiary/aromatic N) is 2. The molecule has 5 nitrogen and oxygen atoms in total. The summed E-state index contributed by atoms with van der Waals surface area (Å²) in [5, 5.41) is 3.09. The Hall–Kier alpha value is -1.02. The summed E-state index contributed by atoms with van der Waals surface area (Å²) in [5.41, 5.74) is 6.80. The van der Waals surface area contributed by atoms with Crippen LogP contribution in [0, 0.1) is 0 Å². The van der Waals surface area contributed by atoms with E-state index < -0.39 is 0 Å². The highest BCUT2D eigenvalue weighted by Crippen LogP contribution is 2.14. The van der Waals surface area contributed by atoms with Gasteiger partial charge in [-0.1, -0.05) is 0 Å². The molecule has 0 aliphatic carbocycles. The zero-order valence-corrected chi connectivity index (χ0v) is 15.6. The Balaban J connectivity index is 0.00000242. The number of nitrogens with one attached hydrogen (secondary N) is 1.